The highest BCUT2D eigenvalue weighted by Gasteiger charge is 2.42. The van der Waals surface area contributed by atoms with Crippen molar-refractivity contribution in [1.82, 2.24) is 49.1 Å². The van der Waals surface area contributed by atoms with Gasteiger partial charge in [0, 0.05) is 51.2 Å². The van der Waals surface area contributed by atoms with Crippen molar-refractivity contribution in [3.05, 3.63) is 57.1 Å². The zero-order chi connectivity index (χ0) is 29.4. The van der Waals surface area contributed by atoms with Crippen molar-refractivity contribution in [2.75, 3.05) is 0 Å². The van der Waals surface area contributed by atoms with Crippen molar-refractivity contribution < 1.29 is 18.4 Å². The Labute approximate surface area is 248 Å². The molecule has 0 radical (unpaired) electrons. The van der Waals surface area contributed by atoms with Gasteiger partial charge >= 0.3 is 0 Å². The lowest BCUT2D eigenvalue weighted by atomic mass is 10.1. The smallest absolute Gasteiger partial charge is 0.217 e. The standard InChI is InChI=1S/2C13H13ClFN5O/c2*1-19-5-7(14)10(17-19)9-4-8(15)13-16-12(18-20(9)13)11(21)6-2-3-6/h2*5-6,8-9H,2-4H2,1H3/t8-,9+;8-,9-/m10/s1. The van der Waals surface area contributed by atoms with Gasteiger partial charge in [0.15, 0.2) is 24.0 Å². The minimum atomic E-state index is -1.25. The van der Waals surface area contributed by atoms with E-state index in [0.717, 1.165) is 25.7 Å². The number of alkyl halides is 2. The number of hydrogen-bond donors (Lipinski definition) is 0. The molecule has 4 aliphatic rings. The number of ketones is 2. The Balaban J connectivity index is 0.000000137. The first kappa shape index (κ1) is 27.3. The van der Waals surface area contributed by atoms with Crippen molar-refractivity contribution in [2.45, 2.75) is 63.0 Å². The SMILES string of the molecule is Cn1cc(Cl)c([C@@H]2C[C@@H](F)c3nc(C(=O)C4CC4)nn32)n1.Cn1cc(Cl)c([C@@H]2C[C@H](F)c3nc(C(=O)C4CC4)nn32)n1. The summed E-state index contributed by atoms with van der Waals surface area (Å²) in [5, 5.41) is 17.9. The van der Waals surface area contributed by atoms with E-state index in [1.807, 2.05) is 0 Å². The maximum absolute atomic E-state index is 14.2. The second-order valence-electron chi connectivity index (χ2n) is 11.3. The van der Waals surface area contributed by atoms with Crippen LogP contribution in [0.5, 0.6) is 0 Å². The fourth-order valence-electron chi connectivity index (χ4n) is 5.48. The van der Waals surface area contributed by atoms with Gasteiger partial charge in [-0.25, -0.2) is 28.1 Å². The molecule has 0 saturated heterocycles. The maximum atomic E-state index is 14.2. The number of rotatable bonds is 6. The average molecular weight is 619 g/mol. The molecule has 0 aromatic carbocycles. The molecule has 2 fully saturated rings. The van der Waals surface area contributed by atoms with E-state index >= 15 is 0 Å². The van der Waals surface area contributed by atoms with Gasteiger partial charge in [-0.2, -0.15) is 10.2 Å². The summed E-state index contributed by atoms with van der Waals surface area (Å²) in [7, 11) is 3.50. The lowest BCUT2D eigenvalue weighted by Crippen LogP contribution is -2.11. The Morgan fingerprint density at radius 1 is 0.714 bits per heavy atom. The zero-order valence-corrected chi connectivity index (χ0v) is 24.2. The first-order chi connectivity index (χ1) is 20.1. The predicted molar refractivity (Wildman–Crippen MR) is 144 cm³/mol. The third-order valence-corrected chi connectivity index (χ3v) is 8.50. The minimum Gasteiger partial charge on any atom is -0.290 e. The Hall–Kier alpha value is -3.52. The van der Waals surface area contributed by atoms with Gasteiger partial charge in [0.2, 0.25) is 23.2 Å². The van der Waals surface area contributed by atoms with Gasteiger partial charge in [-0.05, 0) is 25.7 Å². The van der Waals surface area contributed by atoms with Crippen molar-refractivity contribution >= 4 is 34.8 Å². The van der Waals surface area contributed by atoms with Gasteiger partial charge in [0.05, 0.1) is 10.0 Å². The molecule has 220 valence electrons. The van der Waals surface area contributed by atoms with E-state index in [2.05, 4.69) is 30.4 Å². The Morgan fingerprint density at radius 2 is 1.10 bits per heavy atom. The molecular weight excluding hydrogens is 593 g/mol. The number of hydrogen-bond acceptors (Lipinski definition) is 8. The van der Waals surface area contributed by atoms with Crippen LogP contribution in [0.25, 0.3) is 0 Å². The molecule has 12 nitrogen and oxygen atoms in total. The van der Waals surface area contributed by atoms with Crippen molar-refractivity contribution in [3.63, 3.8) is 0 Å². The molecule has 2 aliphatic carbocycles. The molecule has 6 heterocycles. The third kappa shape index (κ3) is 4.74. The lowest BCUT2D eigenvalue weighted by molar-refractivity contribution is 0.0949. The molecule has 0 amide bonds. The molecule has 8 rings (SSSR count). The average Bonchev–Trinajstić information content (AvgIpc) is 3.73. The van der Waals surface area contributed by atoms with Gasteiger partial charge in [-0.3, -0.25) is 19.0 Å². The van der Waals surface area contributed by atoms with Gasteiger partial charge in [0.25, 0.3) is 0 Å². The molecule has 2 aliphatic heterocycles. The monoisotopic (exact) mass is 618 g/mol. The van der Waals surface area contributed by atoms with Crippen molar-refractivity contribution in [2.24, 2.45) is 25.9 Å². The quantitative estimate of drug-likeness (QED) is 0.288. The molecule has 4 aromatic heterocycles. The first-order valence-electron chi connectivity index (χ1n) is 13.8. The van der Waals surface area contributed by atoms with Crippen LogP contribution in [0.2, 0.25) is 10.0 Å². The van der Waals surface area contributed by atoms with Crippen LogP contribution in [0.4, 0.5) is 8.78 Å². The summed E-state index contributed by atoms with van der Waals surface area (Å²) >= 11 is 12.3. The van der Waals surface area contributed by atoms with Crippen LogP contribution in [-0.2, 0) is 14.1 Å². The highest BCUT2D eigenvalue weighted by atomic mass is 35.5. The predicted octanol–water partition coefficient (Wildman–Crippen LogP) is 4.52. The summed E-state index contributed by atoms with van der Waals surface area (Å²) < 4.78 is 34.4. The lowest BCUT2D eigenvalue weighted by Gasteiger charge is -2.08. The van der Waals surface area contributed by atoms with E-state index in [0.29, 0.717) is 21.4 Å². The minimum absolute atomic E-state index is 0.0167. The molecule has 0 unspecified atom stereocenters. The van der Waals surface area contributed by atoms with E-state index in [-0.39, 0.29) is 59.5 Å². The fourth-order valence-corrected chi connectivity index (χ4v) is 6.09. The summed E-state index contributed by atoms with van der Waals surface area (Å²) in [4.78, 5) is 32.2. The summed E-state index contributed by atoms with van der Waals surface area (Å²) in [6, 6.07) is -0.811. The Morgan fingerprint density at radius 3 is 1.40 bits per heavy atom. The number of fused-ring (bicyclic) bond motifs is 2. The zero-order valence-electron chi connectivity index (χ0n) is 22.7. The van der Waals surface area contributed by atoms with Crippen LogP contribution in [0, 0.1) is 11.8 Å². The molecule has 16 heteroatoms. The van der Waals surface area contributed by atoms with Crippen molar-refractivity contribution in [1.29, 1.82) is 0 Å². The van der Waals surface area contributed by atoms with E-state index in [1.165, 1.54) is 9.36 Å². The molecular formula is C26H26Cl2F2N10O2. The number of carbonyl (C=O) groups excluding carboxylic acids is 2. The van der Waals surface area contributed by atoms with Gasteiger partial charge in [0.1, 0.15) is 23.5 Å². The third-order valence-electron chi connectivity index (χ3n) is 7.92. The molecule has 0 bridgehead atoms. The van der Waals surface area contributed by atoms with Crippen molar-refractivity contribution in [3.8, 4) is 0 Å². The molecule has 42 heavy (non-hydrogen) atoms. The van der Waals surface area contributed by atoms with Gasteiger partial charge in [-0.15, -0.1) is 10.2 Å². The summed E-state index contributed by atoms with van der Waals surface area (Å²) in [6.45, 7) is 0. The second kappa shape index (κ2) is 10.0. The van der Waals surface area contributed by atoms with Crippen LogP contribution < -0.4 is 0 Å². The van der Waals surface area contributed by atoms with E-state index in [4.69, 9.17) is 23.2 Å². The topological polar surface area (TPSA) is 131 Å². The Kier molecular flexibility index (Phi) is 6.53. The number of carbonyl (C=O) groups is 2. The largest absolute Gasteiger partial charge is 0.290 e. The molecule has 0 N–H and O–H groups in total. The van der Waals surface area contributed by atoms with Crippen LogP contribution in [-0.4, -0.2) is 60.7 Å². The van der Waals surface area contributed by atoms with Gasteiger partial charge < -0.3 is 0 Å². The summed E-state index contributed by atoms with van der Waals surface area (Å²) in [5.41, 5.74) is 1.13. The molecule has 4 atom stereocenters. The fraction of sp³-hybridized carbons (Fsp3) is 0.538. The molecule has 2 saturated carbocycles. The van der Waals surface area contributed by atoms with E-state index in [9.17, 15) is 18.4 Å². The summed E-state index contributed by atoms with van der Waals surface area (Å²) in [5.74, 6) is 0.492. The highest BCUT2D eigenvalue weighted by molar-refractivity contribution is 6.31. The number of halogens is 4. The number of aryl methyl sites for hydroxylation is 2. The van der Waals surface area contributed by atoms with Crippen LogP contribution in [0.3, 0.4) is 0 Å². The molecule has 4 aromatic rings. The summed E-state index contributed by atoms with van der Waals surface area (Å²) in [6.07, 6.45) is 4.71. The maximum Gasteiger partial charge on any atom is 0.217 e. The molecule has 0 spiro atoms. The normalized spacial score (nSPS) is 24.3. The van der Waals surface area contributed by atoms with Gasteiger partial charge in [-0.1, -0.05) is 23.2 Å². The number of aromatic nitrogens is 10. The number of Topliss-reactive ketones (excluding diaryl/α,β-unsaturated/α-hetero) is 2. The number of nitrogens with zero attached hydrogens (tertiary/aromatic N) is 10. The van der Waals surface area contributed by atoms with Crippen LogP contribution in [0.1, 0.15) is 107 Å². The van der Waals surface area contributed by atoms with Crippen LogP contribution >= 0.6 is 23.2 Å². The Bertz CT molecular complexity index is 1590. The first-order valence-corrected chi connectivity index (χ1v) is 14.5. The highest BCUT2D eigenvalue weighted by Crippen LogP contribution is 2.43. The van der Waals surface area contributed by atoms with E-state index < -0.39 is 24.4 Å². The second-order valence-corrected chi connectivity index (χ2v) is 12.1. The van der Waals surface area contributed by atoms with E-state index in [1.54, 1.807) is 35.9 Å². The van der Waals surface area contributed by atoms with Crippen LogP contribution in [0.15, 0.2) is 12.4 Å².